The molecule has 2 aliphatic carbocycles. The largest absolute Gasteiger partial charge is 1.00 e. The van der Waals surface area contributed by atoms with Crippen molar-refractivity contribution in [2.75, 3.05) is 0 Å². The molecule has 8 rings (SSSR count). The minimum atomic E-state index is -2.91. The first-order valence-corrected chi connectivity index (χ1v) is 25.4. The Hall–Kier alpha value is -3.29. The van der Waals surface area contributed by atoms with Crippen LogP contribution in [0.5, 0.6) is 0 Å². The van der Waals surface area contributed by atoms with Gasteiger partial charge in [-0.15, -0.1) is 0 Å². The molecule has 60 heavy (non-hydrogen) atoms. The summed E-state index contributed by atoms with van der Waals surface area (Å²) in [6, 6.07) is 45.6. The Morgan fingerprint density at radius 1 is 0.550 bits per heavy atom. The summed E-state index contributed by atoms with van der Waals surface area (Å²) in [5.74, 6) is 0. The van der Waals surface area contributed by atoms with E-state index in [2.05, 4.69) is 195 Å². The van der Waals surface area contributed by atoms with Crippen LogP contribution >= 0.6 is 23.2 Å². The van der Waals surface area contributed by atoms with Crippen molar-refractivity contribution in [2.45, 2.75) is 89.1 Å². The Labute approximate surface area is 389 Å². The normalized spacial score (nSPS) is 13.1. The van der Waals surface area contributed by atoms with Gasteiger partial charge in [0.05, 0.1) is 0 Å². The van der Waals surface area contributed by atoms with Crippen molar-refractivity contribution in [1.82, 2.24) is 0 Å². The number of halogens is 4. The van der Waals surface area contributed by atoms with Gasteiger partial charge in [0, 0.05) is 0 Å². The average molecular weight is 948 g/mol. The number of aryl methyl sites for hydroxylation is 2. The molecule has 0 unspecified atom stereocenters. The van der Waals surface area contributed by atoms with Gasteiger partial charge in [-0.3, -0.25) is 0 Å². The summed E-state index contributed by atoms with van der Waals surface area (Å²) in [5.41, 5.74) is 19.3. The van der Waals surface area contributed by atoms with E-state index < -0.39 is 21.3 Å². The molecule has 0 aromatic heterocycles. The molecular weight excluding hydrogens is 894 g/mol. The van der Waals surface area contributed by atoms with Gasteiger partial charge < -0.3 is 24.8 Å². The minimum Gasteiger partial charge on any atom is -1.00 e. The monoisotopic (exact) mass is 944 g/mol. The third-order valence-corrected chi connectivity index (χ3v) is 21.0. The van der Waals surface area contributed by atoms with Gasteiger partial charge in [0.2, 0.25) is 0 Å². The van der Waals surface area contributed by atoms with Crippen LogP contribution in [0, 0.1) is 13.8 Å². The molecule has 0 spiro atoms. The second-order valence-electron chi connectivity index (χ2n) is 18.5. The smallest absolute Gasteiger partial charge is 1.00 e. The van der Waals surface area contributed by atoms with Crippen LogP contribution in [0.15, 0.2) is 143 Å². The van der Waals surface area contributed by atoms with Crippen LogP contribution in [0.25, 0.3) is 33.4 Å². The van der Waals surface area contributed by atoms with Crippen LogP contribution in [-0.2, 0) is 44.9 Å². The van der Waals surface area contributed by atoms with Gasteiger partial charge in [0.15, 0.2) is 0 Å². The number of hydrogen-bond acceptors (Lipinski definition) is 0. The predicted octanol–water partition coefficient (Wildman–Crippen LogP) is 9.74. The van der Waals surface area contributed by atoms with Crippen molar-refractivity contribution >= 4 is 26.4 Å². The molecule has 6 aromatic rings. The summed E-state index contributed by atoms with van der Waals surface area (Å²) < 4.78 is 3.65. The second kappa shape index (κ2) is 18.6. The summed E-state index contributed by atoms with van der Waals surface area (Å²) in [4.78, 5) is 0. The van der Waals surface area contributed by atoms with Crippen molar-refractivity contribution in [3.8, 4) is 33.4 Å². The Morgan fingerprint density at radius 3 is 1.33 bits per heavy atom. The first-order chi connectivity index (χ1) is 27.7. The molecule has 0 amide bonds. The van der Waals surface area contributed by atoms with Gasteiger partial charge in [0.1, 0.15) is 0 Å². The number of rotatable bonds is 8. The number of allylic oxidation sites excluding steroid dienone is 4. The molecule has 0 N–H and O–H groups in total. The van der Waals surface area contributed by atoms with Crippen molar-refractivity contribution in [3.63, 3.8) is 0 Å². The van der Waals surface area contributed by atoms with Gasteiger partial charge in [0.25, 0.3) is 0 Å². The molecule has 0 fully saturated rings. The molecule has 5 heteroatoms. The van der Waals surface area contributed by atoms with E-state index in [1.165, 1.54) is 77.9 Å². The van der Waals surface area contributed by atoms with Crippen molar-refractivity contribution in [2.24, 2.45) is 0 Å². The van der Waals surface area contributed by atoms with Gasteiger partial charge in [-0.2, -0.15) is 0 Å². The molecule has 0 nitrogen and oxygen atoms in total. The van der Waals surface area contributed by atoms with Crippen LogP contribution in [0.2, 0.25) is 10.0 Å². The molecule has 0 atom stereocenters. The van der Waals surface area contributed by atoms with Crippen molar-refractivity contribution < 1.29 is 46.1 Å². The first-order valence-electron chi connectivity index (χ1n) is 20.7. The van der Waals surface area contributed by atoms with Crippen LogP contribution in [0.1, 0.15) is 96.1 Å². The Balaban J connectivity index is 0.00000302. The third kappa shape index (κ3) is 9.38. The number of fused-ring (bicyclic) bond motifs is 3. The van der Waals surface area contributed by atoms with E-state index in [4.69, 9.17) is 23.2 Å². The molecule has 306 valence electrons. The molecule has 2 aliphatic rings. The molecule has 0 saturated heterocycles. The van der Waals surface area contributed by atoms with Gasteiger partial charge in [-0.1, -0.05) is 0 Å². The maximum absolute atomic E-state index is 6.49. The van der Waals surface area contributed by atoms with Gasteiger partial charge >= 0.3 is 368 Å². The predicted molar refractivity (Wildman–Crippen MR) is 249 cm³/mol. The summed E-state index contributed by atoms with van der Waals surface area (Å²) in [5, 5.41) is 1.56. The van der Waals surface area contributed by atoms with E-state index in [9.17, 15) is 0 Å². The van der Waals surface area contributed by atoms with Crippen LogP contribution in [-0.4, -0.2) is 3.21 Å². The van der Waals surface area contributed by atoms with Crippen LogP contribution in [0.4, 0.5) is 0 Å². The standard InChI is InChI=1S/C35H37.C15H12Cl2.C5H5.2ClH.Zr/c1-22-13-9-11-15-26(22)30-18-24-17-25-19-31(27-16-12-10-14-23(27)2)33(35(6,7)8)21-29(25)28(24)20-32(30)34(3,4)5;16-14-8-4-12(5-9-14)2-1-3-13-6-10-15(17)11-7-13;1-2-4-5-3-1;;;/h9-21H,1-8H3;4-11H,2-3H2;1-3H,4H2;2*1H;/q;;;;;+2/p-2. The van der Waals surface area contributed by atoms with E-state index in [1.54, 1.807) is 6.49 Å². The topological polar surface area (TPSA) is 0 Å². The molecule has 0 radical (unpaired) electrons. The summed E-state index contributed by atoms with van der Waals surface area (Å²) in [6.45, 7) is 18.8. The molecule has 0 heterocycles. The Kier molecular flexibility index (Phi) is 14.3. The zero-order chi connectivity index (χ0) is 40.9. The van der Waals surface area contributed by atoms with E-state index in [1.807, 2.05) is 0 Å². The van der Waals surface area contributed by atoms with Crippen molar-refractivity contribution in [3.05, 3.63) is 197 Å². The number of benzene rings is 6. The van der Waals surface area contributed by atoms with E-state index in [-0.39, 0.29) is 35.6 Å². The summed E-state index contributed by atoms with van der Waals surface area (Å²) >= 11 is 10.1. The summed E-state index contributed by atoms with van der Waals surface area (Å²) in [7, 11) is 0. The maximum atomic E-state index is 6.49. The Morgan fingerprint density at radius 2 is 0.967 bits per heavy atom. The first kappa shape index (κ1) is 46.2. The zero-order valence-electron chi connectivity index (χ0n) is 36.0. The van der Waals surface area contributed by atoms with E-state index >= 15 is 0 Å². The van der Waals surface area contributed by atoms with E-state index in [0.29, 0.717) is 3.63 Å². The van der Waals surface area contributed by atoms with Crippen LogP contribution in [0.3, 0.4) is 0 Å². The third-order valence-electron chi connectivity index (χ3n) is 12.2. The number of hydrogen-bond donors (Lipinski definition) is 0. The average Bonchev–Trinajstić information content (AvgIpc) is 3.82. The Bertz CT molecular complexity index is 2470. The summed E-state index contributed by atoms with van der Waals surface area (Å²) in [6.07, 6.45) is 10.1. The molecule has 0 bridgehead atoms. The fraction of sp³-hybridized carbons (Fsp3) is 0.255. The molecular formula is C55H54Cl4Zr. The second-order valence-corrected chi connectivity index (χ2v) is 26.1. The molecule has 0 saturated carbocycles. The SMILES string of the molecule is Cc1ccccc1-c1cc2c(cc1C(C)(C)C)-c1cc(C(C)(C)C)c(-c3ccccc3C)cc1[CH]2[Zr+2]([C]1=CC=CC1)=[C](Cc1ccc(Cl)cc1)Cc1ccc(Cl)cc1.[Cl-].[Cl-]. The maximum Gasteiger partial charge on any atom is -1.00 e. The quantitative estimate of drug-likeness (QED) is 0.143. The van der Waals surface area contributed by atoms with Crippen LogP contribution < -0.4 is 24.8 Å². The fourth-order valence-electron chi connectivity index (χ4n) is 9.31. The zero-order valence-corrected chi connectivity index (χ0v) is 41.5. The van der Waals surface area contributed by atoms with E-state index in [0.717, 1.165) is 29.3 Å². The van der Waals surface area contributed by atoms with Gasteiger partial charge in [-0.25, -0.2) is 0 Å². The van der Waals surface area contributed by atoms with Crippen molar-refractivity contribution in [1.29, 1.82) is 0 Å². The van der Waals surface area contributed by atoms with Gasteiger partial charge in [-0.05, 0) is 0 Å². The fourth-order valence-corrected chi connectivity index (χ4v) is 18.7. The molecule has 6 aromatic carbocycles. The minimum absolute atomic E-state index is 0. The molecule has 0 aliphatic heterocycles.